The smallest absolute Gasteiger partial charge is 0.218 e. The Kier molecular flexibility index (Phi) is 6.34. The van der Waals surface area contributed by atoms with Crippen molar-refractivity contribution < 1.29 is 4.79 Å². The van der Waals surface area contributed by atoms with Gasteiger partial charge < -0.3 is 5.73 Å². The van der Waals surface area contributed by atoms with Crippen molar-refractivity contribution in [1.29, 1.82) is 0 Å². The molecular weight excluding hydrogens is 360 g/mol. The lowest BCUT2D eigenvalue weighted by atomic mass is 9.84. The second kappa shape index (κ2) is 9.12. The van der Waals surface area contributed by atoms with E-state index in [0.29, 0.717) is 6.42 Å². The van der Waals surface area contributed by atoms with E-state index in [4.69, 9.17) is 10.8 Å². The average molecular weight is 395 g/mol. The molecule has 2 aliphatic rings. The number of rotatable bonds is 6. The van der Waals surface area contributed by atoms with Crippen molar-refractivity contribution in [2.45, 2.75) is 76.3 Å². The van der Waals surface area contributed by atoms with E-state index in [1.54, 1.807) is 0 Å². The Hall–Kier alpha value is -2.14. The first-order valence-corrected chi connectivity index (χ1v) is 11.3. The molecule has 1 aliphatic heterocycles. The van der Waals surface area contributed by atoms with Crippen LogP contribution < -0.4 is 5.73 Å². The predicted octanol–water partition coefficient (Wildman–Crippen LogP) is 4.36. The van der Waals surface area contributed by atoms with E-state index in [1.165, 1.54) is 61.6 Å². The van der Waals surface area contributed by atoms with Gasteiger partial charge in [0, 0.05) is 43.4 Å². The number of piperidine rings is 1. The van der Waals surface area contributed by atoms with Crippen LogP contribution in [0.15, 0.2) is 30.5 Å². The van der Waals surface area contributed by atoms with Gasteiger partial charge in [-0.3, -0.25) is 14.4 Å². The van der Waals surface area contributed by atoms with E-state index in [9.17, 15) is 4.79 Å². The lowest BCUT2D eigenvalue weighted by Gasteiger charge is -2.35. The Balaban J connectivity index is 1.52. The van der Waals surface area contributed by atoms with Crippen LogP contribution in [0.3, 0.4) is 0 Å². The number of nitrogens with two attached hydrogens (primary N) is 1. The molecule has 1 saturated carbocycles. The number of hydrogen-bond donors (Lipinski definition) is 1. The largest absolute Gasteiger partial charge is 0.370 e. The summed E-state index contributed by atoms with van der Waals surface area (Å²) in [4.78, 5) is 13.9. The highest BCUT2D eigenvalue weighted by Gasteiger charge is 2.25. The van der Waals surface area contributed by atoms with Crippen molar-refractivity contribution in [3.8, 4) is 11.3 Å². The Morgan fingerprint density at radius 3 is 2.52 bits per heavy atom. The highest BCUT2D eigenvalue weighted by atomic mass is 16.1. The monoisotopic (exact) mass is 394 g/mol. The van der Waals surface area contributed by atoms with Gasteiger partial charge in [-0.2, -0.15) is 5.10 Å². The third-order valence-electron chi connectivity index (χ3n) is 6.72. The number of primary amides is 1. The fourth-order valence-corrected chi connectivity index (χ4v) is 5.20. The average Bonchev–Trinajstić information content (AvgIpc) is 3.10. The Bertz CT molecular complexity index is 820. The fraction of sp³-hybridized carbons (Fsp3) is 0.583. The Morgan fingerprint density at radius 1 is 1.07 bits per heavy atom. The summed E-state index contributed by atoms with van der Waals surface area (Å²) in [5.41, 5.74) is 10.4. The molecule has 1 saturated heterocycles. The number of nitrogens with zero attached hydrogens (tertiary/aromatic N) is 3. The van der Waals surface area contributed by atoms with Gasteiger partial charge in [0.25, 0.3) is 0 Å². The van der Waals surface area contributed by atoms with Crippen molar-refractivity contribution in [2.24, 2.45) is 12.8 Å². The zero-order valence-electron chi connectivity index (χ0n) is 17.6. The van der Waals surface area contributed by atoms with Gasteiger partial charge in [0.05, 0.1) is 5.69 Å². The summed E-state index contributed by atoms with van der Waals surface area (Å²) in [5.74, 6) is 0.524. The van der Waals surface area contributed by atoms with E-state index in [1.807, 2.05) is 11.7 Å². The van der Waals surface area contributed by atoms with E-state index in [-0.39, 0.29) is 11.9 Å². The number of carbonyl (C=O) groups excluding carboxylic acids is 1. The minimum Gasteiger partial charge on any atom is -0.370 e. The molecule has 1 aliphatic carbocycles. The summed E-state index contributed by atoms with van der Waals surface area (Å²) in [6.07, 6.45) is 12.7. The van der Waals surface area contributed by atoms with E-state index in [2.05, 4.69) is 35.4 Å². The summed E-state index contributed by atoms with van der Waals surface area (Å²) in [6, 6.07) is 9.35. The first kappa shape index (κ1) is 20.1. The molecule has 0 bridgehead atoms. The van der Waals surface area contributed by atoms with Gasteiger partial charge in [-0.25, -0.2) is 0 Å². The molecule has 2 heterocycles. The van der Waals surface area contributed by atoms with Gasteiger partial charge in [-0.1, -0.05) is 49.9 Å². The quantitative estimate of drug-likeness (QED) is 0.791. The number of amides is 1. The maximum Gasteiger partial charge on any atom is 0.218 e. The van der Waals surface area contributed by atoms with E-state index in [0.717, 1.165) is 31.1 Å². The van der Waals surface area contributed by atoms with Crippen molar-refractivity contribution in [1.82, 2.24) is 14.7 Å². The first-order valence-electron chi connectivity index (χ1n) is 11.3. The first-order chi connectivity index (χ1) is 14.1. The highest BCUT2D eigenvalue weighted by Crippen LogP contribution is 2.34. The second-order valence-corrected chi connectivity index (χ2v) is 8.92. The minimum atomic E-state index is -0.202. The zero-order chi connectivity index (χ0) is 20.2. The molecule has 4 rings (SSSR count). The third kappa shape index (κ3) is 4.89. The number of carbonyl (C=O) groups is 1. The molecule has 2 fully saturated rings. The lowest BCUT2D eigenvalue weighted by molar-refractivity contribution is -0.119. The molecule has 1 aromatic carbocycles. The standard InChI is InChI=1S/C24H34N4O/c1-27-16-21(17-28-14-6-5-9-22(28)15-23(25)29)24(26-27)20-12-10-19(11-13-20)18-7-3-2-4-8-18/h10-13,16,18,22H,2-9,14-15,17H2,1H3,(H2,25,29)/t22-/m1/s1. The van der Waals surface area contributed by atoms with Gasteiger partial charge in [0.15, 0.2) is 0 Å². The number of likely N-dealkylation sites (tertiary alicyclic amines) is 1. The van der Waals surface area contributed by atoms with E-state index >= 15 is 0 Å². The number of aryl methyl sites for hydroxylation is 1. The van der Waals surface area contributed by atoms with Crippen LogP contribution in [0.2, 0.25) is 0 Å². The molecule has 29 heavy (non-hydrogen) atoms. The second-order valence-electron chi connectivity index (χ2n) is 8.92. The molecule has 1 amide bonds. The maximum absolute atomic E-state index is 11.5. The summed E-state index contributed by atoms with van der Waals surface area (Å²) >= 11 is 0. The SMILES string of the molecule is Cn1cc(CN2CCCC[C@@H]2CC(N)=O)c(-c2ccc(C3CCCCC3)cc2)n1. The third-order valence-corrected chi connectivity index (χ3v) is 6.72. The summed E-state index contributed by atoms with van der Waals surface area (Å²) < 4.78 is 1.91. The molecule has 2 aromatic rings. The van der Waals surface area contributed by atoms with Crippen molar-refractivity contribution in [3.05, 3.63) is 41.6 Å². The van der Waals surface area contributed by atoms with Gasteiger partial charge >= 0.3 is 0 Å². The molecule has 0 unspecified atom stereocenters. The highest BCUT2D eigenvalue weighted by molar-refractivity contribution is 5.74. The predicted molar refractivity (Wildman–Crippen MR) is 116 cm³/mol. The summed E-state index contributed by atoms with van der Waals surface area (Å²) in [5, 5.41) is 4.77. The molecular formula is C24H34N4O. The van der Waals surface area contributed by atoms with Gasteiger partial charge in [-0.15, -0.1) is 0 Å². The Morgan fingerprint density at radius 2 is 1.79 bits per heavy atom. The number of aromatic nitrogens is 2. The van der Waals surface area contributed by atoms with Crippen LogP contribution in [0.4, 0.5) is 0 Å². The van der Waals surface area contributed by atoms with Gasteiger partial charge in [-0.05, 0) is 43.7 Å². The van der Waals surface area contributed by atoms with Crippen LogP contribution in [0, 0.1) is 0 Å². The molecule has 5 nitrogen and oxygen atoms in total. The number of benzene rings is 1. The molecule has 156 valence electrons. The minimum absolute atomic E-state index is 0.202. The molecule has 1 aromatic heterocycles. The van der Waals surface area contributed by atoms with Crippen molar-refractivity contribution in [2.75, 3.05) is 6.54 Å². The molecule has 5 heteroatoms. The molecule has 0 spiro atoms. The van der Waals surface area contributed by atoms with Crippen LogP contribution in [0.1, 0.15) is 74.8 Å². The van der Waals surface area contributed by atoms with Crippen LogP contribution in [-0.2, 0) is 18.4 Å². The zero-order valence-corrected chi connectivity index (χ0v) is 17.6. The maximum atomic E-state index is 11.5. The van der Waals surface area contributed by atoms with Crippen molar-refractivity contribution >= 4 is 5.91 Å². The normalized spacial score (nSPS) is 21.3. The molecule has 2 N–H and O–H groups in total. The molecule has 0 radical (unpaired) electrons. The van der Waals surface area contributed by atoms with Crippen LogP contribution in [0.25, 0.3) is 11.3 Å². The summed E-state index contributed by atoms with van der Waals surface area (Å²) in [7, 11) is 1.99. The van der Waals surface area contributed by atoms with E-state index < -0.39 is 0 Å². The van der Waals surface area contributed by atoms with Gasteiger partial charge in [0.1, 0.15) is 0 Å². The van der Waals surface area contributed by atoms with Crippen LogP contribution in [-0.4, -0.2) is 33.2 Å². The van der Waals surface area contributed by atoms with Crippen LogP contribution in [0.5, 0.6) is 0 Å². The molecule has 1 atom stereocenters. The summed E-state index contributed by atoms with van der Waals surface area (Å²) in [6.45, 7) is 1.85. The fourth-order valence-electron chi connectivity index (χ4n) is 5.20. The lowest BCUT2D eigenvalue weighted by Crippen LogP contribution is -2.41. The topological polar surface area (TPSA) is 64.2 Å². The Labute approximate surface area is 174 Å². The van der Waals surface area contributed by atoms with Crippen molar-refractivity contribution in [3.63, 3.8) is 0 Å². The number of hydrogen-bond acceptors (Lipinski definition) is 3. The van der Waals surface area contributed by atoms with Gasteiger partial charge in [0.2, 0.25) is 5.91 Å². The van der Waals surface area contributed by atoms with Crippen LogP contribution >= 0.6 is 0 Å².